The highest BCUT2D eigenvalue weighted by atomic mass is 16.7. The van der Waals surface area contributed by atoms with E-state index in [1.54, 1.807) is 0 Å². The van der Waals surface area contributed by atoms with Crippen LogP contribution >= 0.6 is 0 Å². The molecule has 7 heteroatoms. The Bertz CT molecular complexity index is 649. The zero-order chi connectivity index (χ0) is 15.2. The molecular weight excluding hydrogens is 270 g/mol. The normalized spacial score (nSPS) is 11.4. The number of nitrogens with one attached hydrogen (secondary N) is 1. The lowest BCUT2D eigenvalue weighted by atomic mass is 10.1. The zero-order valence-corrected chi connectivity index (χ0v) is 12.0. The lowest BCUT2D eigenvalue weighted by Crippen LogP contribution is -2.34. The summed E-state index contributed by atoms with van der Waals surface area (Å²) in [6.45, 7) is 4.20. The number of hydrogen-bond acceptors (Lipinski definition) is 3. The van der Waals surface area contributed by atoms with Crippen molar-refractivity contribution in [1.29, 1.82) is 0 Å². The molecule has 1 aromatic heterocycles. The number of hydrazone groups is 1. The molecule has 0 aliphatic heterocycles. The highest BCUT2D eigenvalue weighted by Gasteiger charge is 2.12. The van der Waals surface area contributed by atoms with E-state index in [4.69, 9.17) is 0 Å². The zero-order valence-electron chi connectivity index (χ0n) is 12.0. The van der Waals surface area contributed by atoms with Gasteiger partial charge >= 0.3 is 0 Å². The molecule has 0 fully saturated rings. The lowest BCUT2D eigenvalue weighted by molar-refractivity contribution is -0.485. The summed E-state index contributed by atoms with van der Waals surface area (Å²) in [6, 6.07) is 11.7. The van der Waals surface area contributed by atoms with Gasteiger partial charge in [0.05, 0.1) is 5.69 Å². The first-order valence-electron chi connectivity index (χ1n) is 6.60. The smallest absolute Gasteiger partial charge is 0.296 e. The maximum atomic E-state index is 10.7. The Balaban J connectivity index is 2.08. The van der Waals surface area contributed by atoms with E-state index in [-0.39, 0.29) is 5.96 Å². The van der Waals surface area contributed by atoms with Crippen LogP contribution in [-0.4, -0.2) is 27.3 Å². The summed E-state index contributed by atoms with van der Waals surface area (Å²) in [6.07, 6.45) is 0.747. The summed E-state index contributed by atoms with van der Waals surface area (Å²) >= 11 is 0. The number of rotatable bonds is 4. The molecule has 0 aliphatic rings. The van der Waals surface area contributed by atoms with Crippen LogP contribution in [0.25, 0.3) is 0 Å². The van der Waals surface area contributed by atoms with Crippen LogP contribution in [0.5, 0.6) is 0 Å². The molecule has 21 heavy (non-hydrogen) atoms. The average molecular weight is 287 g/mol. The standard InChI is InChI=1S/C14H17N5O2/c1-11-10-12(2)18(16-11)14(17-19(20)21)15-9-8-13-6-4-3-5-7-13/h3-7,10H,8-9H2,1-2H3,(H,15,17). The van der Waals surface area contributed by atoms with Gasteiger partial charge in [-0.3, -0.25) is 0 Å². The molecule has 0 amide bonds. The molecule has 0 bridgehead atoms. The third-order valence-corrected chi connectivity index (χ3v) is 2.93. The van der Waals surface area contributed by atoms with Gasteiger partial charge in [-0.05, 0) is 31.9 Å². The number of aromatic nitrogens is 2. The van der Waals surface area contributed by atoms with E-state index in [9.17, 15) is 10.1 Å². The fraction of sp³-hybridized carbons (Fsp3) is 0.286. The number of nitrogens with zero attached hydrogens (tertiary/aromatic N) is 4. The van der Waals surface area contributed by atoms with Gasteiger partial charge in [0.25, 0.3) is 5.96 Å². The average Bonchev–Trinajstić information content (AvgIpc) is 2.77. The summed E-state index contributed by atoms with van der Waals surface area (Å²) < 4.78 is 1.45. The van der Waals surface area contributed by atoms with Crippen LogP contribution in [0.15, 0.2) is 41.5 Å². The van der Waals surface area contributed by atoms with E-state index < -0.39 is 5.03 Å². The molecule has 1 N–H and O–H groups in total. The Morgan fingerprint density at radius 3 is 2.67 bits per heavy atom. The van der Waals surface area contributed by atoms with E-state index in [1.807, 2.05) is 50.2 Å². The van der Waals surface area contributed by atoms with Gasteiger partial charge in [-0.25, -0.2) is 10.1 Å². The van der Waals surface area contributed by atoms with Gasteiger partial charge in [-0.1, -0.05) is 30.3 Å². The Morgan fingerprint density at radius 2 is 2.10 bits per heavy atom. The van der Waals surface area contributed by atoms with Crippen LogP contribution in [-0.2, 0) is 6.42 Å². The van der Waals surface area contributed by atoms with Gasteiger partial charge in [0.15, 0.2) is 5.03 Å². The molecule has 0 spiro atoms. The van der Waals surface area contributed by atoms with E-state index in [2.05, 4.69) is 15.5 Å². The lowest BCUT2D eigenvalue weighted by Gasteiger charge is -2.08. The van der Waals surface area contributed by atoms with Crippen LogP contribution in [0, 0.1) is 24.0 Å². The van der Waals surface area contributed by atoms with Crippen molar-refractivity contribution in [1.82, 2.24) is 15.1 Å². The Hall–Kier alpha value is -2.70. The Kier molecular flexibility index (Phi) is 4.65. The molecule has 0 atom stereocenters. The molecule has 1 aromatic carbocycles. The minimum absolute atomic E-state index is 0.126. The van der Waals surface area contributed by atoms with E-state index in [0.717, 1.165) is 23.4 Å². The molecule has 2 rings (SSSR count). The van der Waals surface area contributed by atoms with Gasteiger partial charge in [0.2, 0.25) is 0 Å². The van der Waals surface area contributed by atoms with Gasteiger partial charge in [0, 0.05) is 12.2 Å². The molecule has 0 saturated carbocycles. The second kappa shape index (κ2) is 6.65. The molecular formula is C14H17N5O2. The minimum atomic E-state index is -0.721. The molecule has 2 aromatic rings. The predicted molar refractivity (Wildman–Crippen MR) is 79.7 cm³/mol. The summed E-state index contributed by atoms with van der Waals surface area (Å²) in [5.41, 5.74) is 2.73. The van der Waals surface area contributed by atoms with Gasteiger partial charge in [-0.15, -0.1) is 0 Å². The highest BCUT2D eigenvalue weighted by molar-refractivity contribution is 5.81. The van der Waals surface area contributed by atoms with Crippen molar-refractivity contribution >= 4 is 5.96 Å². The van der Waals surface area contributed by atoms with E-state index in [0.29, 0.717) is 6.54 Å². The quantitative estimate of drug-likeness (QED) is 0.401. The van der Waals surface area contributed by atoms with Crippen molar-refractivity contribution in [3.05, 3.63) is 63.5 Å². The maximum Gasteiger partial charge on any atom is 0.296 e. The molecule has 0 aliphatic carbocycles. The second-order valence-corrected chi connectivity index (χ2v) is 4.66. The third-order valence-electron chi connectivity index (χ3n) is 2.93. The molecule has 0 saturated heterocycles. The van der Waals surface area contributed by atoms with Gasteiger partial charge in [0.1, 0.15) is 5.10 Å². The highest BCUT2D eigenvalue weighted by Crippen LogP contribution is 2.02. The SMILES string of the molecule is Cc1cc(C)n(C(=N[N+](=O)[O-])NCCc2ccccc2)n1. The Morgan fingerprint density at radius 1 is 1.38 bits per heavy atom. The monoisotopic (exact) mass is 287 g/mol. The molecule has 0 unspecified atom stereocenters. The number of benzene rings is 1. The first kappa shape index (κ1) is 14.7. The van der Waals surface area contributed by atoms with Crippen LogP contribution < -0.4 is 5.32 Å². The van der Waals surface area contributed by atoms with Gasteiger partial charge < -0.3 is 5.32 Å². The fourth-order valence-corrected chi connectivity index (χ4v) is 2.04. The second-order valence-electron chi connectivity index (χ2n) is 4.66. The van der Waals surface area contributed by atoms with Crippen LogP contribution in [0.2, 0.25) is 0 Å². The number of nitro groups is 1. The minimum Gasteiger partial charge on any atom is -0.349 e. The topological polar surface area (TPSA) is 85.3 Å². The summed E-state index contributed by atoms with van der Waals surface area (Å²) in [5, 5.41) is 20.5. The first-order chi connectivity index (χ1) is 10.1. The molecule has 0 radical (unpaired) electrons. The summed E-state index contributed by atoms with van der Waals surface area (Å²) in [7, 11) is 0. The maximum absolute atomic E-state index is 10.7. The van der Waals surface area contributed by atoms with Crippen LogP contribution in [0.1, 0.15) is 17.0 Å². The molecule has 1 heterocycles. The van der Waals surface area contributed by atoms with Crippen LogP contribution in [0.4, 0.5) is 0 Å². The molecule has 7 nitrogen and oxygen atoms in total. The summed E-state index contributed by atoms with van der Waals surface area (Å²) in [4.78, 5) is 10.7. The third kappa shape index (κ3) is 4.13. The van der Waals surface area contributed by atoms with Gasteiger partial charge in [-0.2, -0.15) is 9.78 Å². The number of aryl methyl sites for hydroxylation is 2. The largest absolute Gasteiger partial charge is 0.349 e. The first-order valence-corrected chi connectivity index (χ1v) is 6.60. The van der Waals surface area contributed by atoms with Crippen molar-refractivity contribution in [3.8, 4) is 0 Å². The predicted octanol–water partition coefficient (Wildman–Crippen LogP) is 1.73. The fourth-order valence-electron chi connectivity index (χ4n) is 2.04. The van der Waals surface area contributed by atoms with Crippen molar-refractivity contribution in [2.45, 2.75) is 20.3 Å². The van der Waals surface area contributed by atoms with Crippen molar-refractivity contribution in [2.24, 2.45) is 5.10 Å². The number of hydrogen-bond donors (Lipinski definition) is 1. The Labute approximate surface area is 122 Å². The van der Waals surface area contributed by atoms with Crippen molar-refractivity contribution in [2.75, 3.05) is 6.54 Å². The van der Waals surface area contributed by atoms with Crippen LogP contribution in [0.3, 0.4) is 0 Å². The molecule has 110 valence electrons. The van der Waals surface area contributed by atoms with E-state index >= 15 is 0 Å². The van der Waals surface area contributed by atoms with Crippen molar-refractivity contribution < 1.29 is 5.03 Å². The van der Waals surface area contributed by atoms with Crippen molar-refractivity contribution in [3.63, 3.8) is 0 Å². The van der Waals surface area contributed by atoms with E-state index in [1.165, 1.54) is 4.68 Å². The summed E-state index contributed by atoms with van der Waals surface area (Å²) in [5.74, 6) is 0.126.